The normalized spacial score (nSPS) is 21.6. The summed E-state index contributed by atoms with van der Waals surface area (Å²) in [7, 11) is -7.16. The van der Waals surface area contributed by atoms with E-state index in [9.17, 15) is 21.2 Å². The average Bonchev–Trinajstić information content (AvgIpc) is 2.70. The van der Waals surface area contributed by atoms with E-state index in [1.807, 2.05) is 0 Å². The molecule has 0 spiro atoms. The predicted molar refractivity (Wildman–Crippen MR) is 74.4 cm³/mol. The minimum absolute atomic E-state index is 0.0511. The highest BCUT2D eigenvalue weighted by atomic mass is 32.2. The molecule has 1 aliphatic heterocycles. The van der Waals surface area contributed by atoms with Crippen LogP contribution < -0.4 is 4.72 Å². The molecular formula is C12H16FNO5S2. The van der Waals surface area contributed by atoms with Crippen LogP contribution in [0.5, 0.6) is 0 Å². The van der Waals surface area contributed by atoms with Crippen LogP contribution in [0.2, 0.25) is 0 Å². The quantitative estimate of drug-likeness (QED) is 0.811. The molecular weight excluding hydrogens is 321 g/mol. The van der Waals surface area contributed by atoms with Gasteiger partial charge in [-0.25, -0.2) is 25.9 Å². The van der Waals surface area contributed by atoms with Gasteiger partial charge in [-0.3, -0.25) is 0 Å². The van der Waals surface area contributed by atoms with Crippen molar-refractivity contribution in [2.45, 2.75) is 30.9 Å². The van der Waals surface area contributed by atoms with Gasteiger partial charge >= 0.3 is 0 Å². The maximum atomic E-state index is 13.6. The van der Waals surface area contributed by atoms with E-state index in [0.717, 1.165) is 12.1 Å². The van der Waals surface area contributed by atoms with Gasteiger partial charge in [0.15, 0.2) is 9.84 Å². The Hall–Kier alpha value is -1.03. The average molecular weight is 337 g/mol. The summed E-state index contributed by atoms with van der Waals surface area (Å²) in [6.07, 6.45) is 0.217. The van der Waals surface area contributed by atoms with Gasteiger partial charge in [-0.15, -0.1) is 0 Å². The molecule has 1 heterocycles. The Morgan fingerprint density at radius 1 is 1.43 bits per heavy atom. The van der Waals surface area contributed by atoms with Crippen LogP contribution in [0.1, 0.15) is 17.5 Å². The van der Waals surface area contributed by atoms with Crippen LogP contribution in [0.3, 0.4) is 0 Å². The number of sulfonamides is 1. The molecule has 1 atom stereocenters. The van der Waals surface area contributed by atoms with Gasteiger partial charge < -0.3 is 5.11 Å². The molecule has 1 aromatic carbocycles. The van der Waals surface area contributed by atoms with E-state index < -0.39 is 38.3 Å². The number of sulfone groups is 1. The Bertz CT molecular complexity index is 758. The maximum Gasteiger partial charge on any atom is 0.240 e. The molecule has 1 aromatic rings. The molecule has 9 heteroatoms. The number of nitrogens with one attached hydrogen (secondary N) is 1. The second kappa shape index (κ2) is 5.64. The molecule has 2 rings (SSSR count). The molecule has 1 fully saturated rings. The number of halogens is 1. The van der Waals surface area contributed by atoms with Gasteiger partial charge in [0.25, 0.3) is 0 Å². The zero-order chi connectivity index (χ0) is 15.8. The highest BCUT2D eigenvalue weighted by Crippen LogP contribution is 2.21. The lowest BCUT2D eigenvalue weighted by Crippen LogP contribution is -2.35. The number of benzene rings is 1. The van der Waals surface area contributed by atoms with Crippen molar-refractivity contribution >= 4 is 19.9 Å². The topological polar surface area (TPSA) is 101 Å². The van der Waals surface area contributed by atoms with Crippen molar-refractivity contribution in [1.82, 2.24) is 4.72 Å². The van der Waals surface area contributed by atoms with Crippen molar-refractivity contribution in [2.24, 2.45) is 0 Å². The lowest BCUT2D eigenvalue weighted by molar-refractivity contribution is 0.275. The largest absolute Gasteiger partial charge is 0.392 e. The minimum Gasteiger partial charge on any atom is -0.392 e. The molecule has 0 aliphatic carbocycles. The number of hydrogen-bond acceptors (Lipinski definition) is 5. The molecule has 1 unspecified atom stereocenters. The lowest BCUT2D eigenvalue weighted by Gasteiger charge is -2.13. The summed E-state index contributed by atoms with van der Waals surface area (Å²) in [5.41, 5.74) is -0.0182. The molecule has 6 nitrogen and oxygen atoms in total. The Kier molecular flexibility index (Phi) is 4.39. The summed E-state index contributed by atoms with van der Waals surface area (Å²) in [5.74, 6) is -0.941. The van der Waals surface area contributed by atoms with Gasteiger partial charge in [-0.2, -0.15) is 0 Å². The molecule has 21 heavy (non-hydrogen) atoms. The first-order valence-corrected chi connectivity index (χ1v) is 9.58. The first-order chi connectivity index (χ1) is 9.64. The van der Waals surface area contributed by atoms with Crippen molar-refractivity contribution < 1.29 is 26.3 Å². The van der Waals surface area contributed by atoms with E-state index in [2.05, 4.69) is 4.72 Å². The van der Waals surface area contributed by atoms with E-state index >= 15 is 0 Å². The van der Waals surface area contributed by atoms with Crippen molar-refractivity contribution in [2.75, 3.05) is 11.5 Å². The fourth-order valence-corrected chi connectivity index (χ4v) is 5.44. The fraction of sp³-hybridized carbons (Fsp3) is 0.500. The summed E-state index contributed by atoms with van der Waals surface area (Å²) < 4.78 is 63.1. The smallest absolute Gasteiger partial charge is 0.240 e. The van der Waals surface area contributed by atoms with Gasteiger partial charge in [-0.1, -0.05) is 0 Å². The third-order valence-electron chi connectivity index (χ3n) is 3.34. The van der Waals surface area contributed by atoms with Crippen LogP contribution in [0, 0.1) is 12.7 Å². The van der Waals surface area contributed by atoms with Crippen LogP contribution in [0.4, 0.5) is 4.39 Å². The molecule has 0 amide bonds. The van der Waals surface area contributed by atoms with Gasteiger partial charge in [0.05, 0.1) is 23.0 Å². The molecule has 2 N–H and O–H groups in total. The molecule has 0 aromatic heterocycles. The summed E-state index contributed by atoms with van der Waals surface area (Å²) in [5, 5.41) is 9.05. The highest BCUT2D eigenvalue weighted by Gasteiger charge is 2.31. The highest BCUT2D eigenvalue weighted by molar-refractivity contribution is 7.92. The van der Waals surface area contributed by atoms with Crippen molar-refractivity contribution in [1.29, 1.82) is 0 Å². The predicted octanol–water partition coefficient (Wildman–Crippen LogP) is 0.0918. The number of hydrogen-bond donors (Lipinski definition) is 2. The van der Waals surface area contributed by atoms with Crippen molar-refractivity contribution in [3.63, 3.8) is 0 Å². The van der Waals surface area contributed by atoms with E-state index in [1.54, 1.807) is 0 Å². The Balaban J connectivity index is 2.30. The summed E-state index contributed by atoms with van der Waals surface area (Å²) in [4.78, 5) is -0.185. The fourth-order valence-electron chi connectivity index (χ4n) is 2.25. The zero-order valence-electron chi connectivity index (χ0n) is 11.3. The van der Waals surface area contributed by atoms with Crippen LogP contribution in [-0.2, 0) is 26.5 Å². The minimum atomic E-state index is -3.96. The number of aliphatic hydroxyl groups is 1. The Labute approximate surface area is 123 Å². The Morgan fingerprint density at radius 2 is 2.10 bits per heavy atom. The van der Waals surface area contributed by atoms with Crippen LogP contribution in [0.15, 0.2) is 17.0 Å². The van der Waals surface area contributed by atoms with Crippen molar-refractivity contribution in [3.05, 3.63) is 29.1 Å². The third-order valence-corrected chi connectivity index (χ3v) is 6.61. The maximum absolute atomic E-state index is 13.6. The van der Waals surface area contributed by atoms with Crippen molar-refractivity contribution in [3.8, 4) is 0 Å². The number of rotatable bonds is 4. The lowest BCUT2D eigenvalue weighted by atomic mass is 10.1. The first kappa shape index (κ1) is 16.3. The second-order valence-corrected chi connectivity index (χ2v) is 9.04. The summed E-state index contributed by atoms with van der Waals surface area (Å²) in [6.45, 7) is 0.779. The van der Waals surface area contributed by atoms with E-state index in [0.29, 0.717) is 0 Å². The molecule has 0 saturated carbocycles. The Morgan fingerprint density at radius 3 is 2.62 bits per heavy atom. The van der Waals surface area contributed by atoms with E-state index in [4.69, 9.17) is 5.11 Å². The van der Waals surface area contributed by atoms with Gasteiger partial charge in [0.1, 0.15) is 5.82 Å². The monoisotopic (exact) mass is 337 g/mol. The standard InChI is InChI=1S/C12H16FNO5S2/c1-8-4-11(5-9(6-15)12(8)13)21(18,19)14-10-2-3-20(16,17)7-10/h4-5,10,14-15H,2-3,6-7H2,1H3. The molecule has 1 aliphatic rings. The zero-order valence-corrected chi connectivity index (χ0v) is 13.0. The summed E-state index contributed by atoms with van der Waals surface area (Å²) in [6, 6.07) is 1.52. The first-order valence-electron chi connectivity index (χ1n) is 6.27. The second-order valence-electron chi connectivity index (χ2n) is 5.09. The molecule has 1 saturated heterocycles. The summed E-state index contributed by atoms with van der Waals surface area (Å²) >= 11 is 0. The van der Waals surface area contributed by atoms with Crippen LogP contribution >= 0.6 is 0 Å². The van der Waals surface area contributed by atoms with E-state index in [1.165, 1.54) is 6.92 Å². The third kappa shape index (κ3) is 3.60. The number of aliphatic hydroxyl groups excluding tert-OH is 1. The van der Waals surface area contributed by atoms with Gasteiger partial charge in [0.2, 0.25) is 10.0 Å². The molecule has 0 bridgehead atoms. The van der Waals surface area contributed by atoms with Crippen LogP contribution in [-0.4, -0.2) is 39.5 Å². The van der Waals surface area contributed by atoms with Crippen LogP contribution in [0.25, 0.3) is 0 Å². The number of aryl methyl sites for hydroxylation is 1. The molecule has 118 valence electrons. The molecule has 0 radical (unpaired) electrons. The van der Waals surface area contributed by atoms with E-state index in [-0.39, 0.29) is 33.9 Å². The van der Waals surface area contributed by atoms with Gasteiger partial charge in [-0.05, 0) is 31.0 Å². The van der Waals surface area contributed by atoms with Gasteiger partial charge in [0, 0.05) is 11.6 Å². The SMILES string of the molecule is Cc1cc(S(=O)(=O)NC2CCS(=O)(=O)C2)cc(CO)c1F.